The van der Waals surface area contributed by atoms with Gasteiger partial charge in [-0.25, -0.2) is 0 Å². The molecule has 0 aliphatic heterocycles. The lowest BCUT2D eigenvalue weighted by molar-refractivity contribution is 0.378. The van der Waals surface area contributed by atoms with E-state index >= 15 is 0 Å². The Bertz CT molecular complexity index is 194. The van der Waals surface area contributed by atoms with Crippen LogP contribution in [0.15, 0.2) is 35.4 Å². The van der Waals surface area contributed by atoms with E-state index in [1.54, 1.807) is 0 Å². The molecule has 0 rings (SSSR count). The summed E-state index contributed by atoms with van der Waals surface area (Å²) in [5.74, 6) is 0. The fourth-order valence-electron chi connectivity index (χ4n) is 0.844. The van der Waals surface area contributed by atoms with Gasteiger partial charge in [0.1, 0.15) is 0 Å². The van der Waals surface area contributed by atoms with E-state index in [1.807, 2.05) is 19.1 Å². The van der Waals surface area contributed by atoms with Crippen molar-refractivity contribution in [3.63, 3.8) is 0 Å². The molecule has 0 N–H and O–H groups in total. The van der Waals surface area contributed by atoms with E-state index in [0.29, 0.717) is 0 Å². The normalized spacial score (nSPS) is 12.8. The van der Waals surface area contributed by atoms with Crippen LogP contribution >= 0.6 is 15.9 Å². The topological polar surface area (TPSA) is 3.24 Å². The molecule has 0 aliphatic carbocycles. The maximum absolute atomic E-state index is 3.69. The fraction of sp³-hybridized carbons (Fsp3) is 0.455. The highest BCUT2D eigenvalue weighted by atomic mass is 79.9. The molecule has 0 amide bonds. The molecular weight excluding hydrogens is 226 g/mol. The van der Waals surface area contributed by atoms with E-state index in [1.165, 1.54) is 0 Å². The summed E-state index contributed by atoms with van der Waals surface area (Å²) < 4.78 is 1.13. The molecule has 0 unspecified atom stereocenters. The Morgan fingerprint density at radius 3 is 2.77 bits per heavy atom. The molecule has 0 bridgehead atoms. The van der Waals surface area contributed by atoms with Gasteiger partial charge >= 0.3 is 0 Å². The van der Waals surface area contributed by atoms with Gasteiger partial charge in [-0.1, -0.05) is 40.2 Å². The summed E-state index contributed by atoms with van der Waals surface area (Å²) in [6, 6.07) is 0. The van der Waals surface area contributed by atoms with Gasteiger partial charge in [0.25, 0.3) is 0 Å². The molecule has 0 spiro atoms. The maximum Gasteiger partial charge on any atom is 0.0163 e. The average Bonchev–Trinajstić information content (AvgIpc) is 2.14. The fourth-order valence-corrected chi connectivity index (χ4v) is 1.03. The Morgan fingerprint density at radius 1 is 1.54 bits per heavy atom. The van der Waals surface area contributed by atoms with E-state index < -0.39 is 0 Å². The molecular formula is C11H18BrN. The third-order valence-corrected chi connectivity index (χ3v) is 2.41. The van der Waals surface area contributed by atoms with Crippen molar-refractivity contribution in [3.8, 4) is 0 Å². The quantitative estimate of drug-likeness (QED) is 0.511. The minimum Gasteiger partial charge on any atom is -0.302 e. The largest absolute Gasteiger partial charge is 0.302 e. The molecule has 0 aromatic heterocycles. The zero-order valence-electron chi connectivity index (χ0n) is 8.46. The van der Waals surface area contributed by atoms with Gasteiger partial charge in [-0.3, -0.25) is 0 Å². The van der Waals surface area contributed by atoms with Gasteiger partial charge in [0.05, 0.1) is 0 Å². The van der Waals surface area contributed by atoms with Gasteiger partial charge in [-0.2, -0.15) is 0 Å². The summed E-state index contributed by atoms with van der Waals surface area (Å²) >= 11 is 3.42. The summed E-state index contributed by atoms with van der Waals surface area (Å²) in [6.07, 6.45) is 9.25. The van der Waals surface area contributed by atoms with Crippen LogP contribution in [0.5, 0.6) is 0 Å². The standard InChI is InChI=1S/C11H18BrN/c1-4-6-9-13(3)10-7-8-11(12)5-2/h4-5,7-8H,1,6,9-10H2,2-3H3/b8-7+,11-5-. The van der Waals surface area contributed by atoms with Crippen LogP contribution in [0.3, 0.4) is 0 Å². The Morgan fingerprint density at radius 2 is 2.23 bits per heavy atom. The first-order valence-electron chi connectivity index (χ1n) is 4.48. The lowest BCUT2D eigenvalue weighted by Crippen LogP contribution is -2.18. The predicted octanol–water partition coefficient (Wildman–Crippen LogP) is 3.35. The zero-order chi connectivity index (χ0) is 10.1. The van der Waals surface area contributed by atoms with Gasteiger partial charge in [0, 0.05) is 17.6 Å². The van der Waals surface area contributed by atoms with Gasteiger partial charge < -0.3 is 4.90 Å². The van der Waals surface area contributed by atoms with Gasteiger partial charge in [-0.05, 0) is 20.4 Å². The van der Waals surface area contributed by atoms with Crippen molar-refractivity contribution in [3.05, 3.63) is 35.4 Å². The highest BCUT2D eigenvalue weighted by Crippen LogP contribution is 2.05. The number of halogens is 1. The first kappa shape index (κ1) is 12.7. The van der Waals surface area contributed by atoms with Crippen LogP contribution in [0.1, 0.15) is 13.3 Å². The maximum atomic E-state index is 3.69. The van der Waals surface area contributed by atoms with Crippen molar-refractivity contribution >= 4 is 15.9 Å². The van der Waals surface area contributed by atoms with Crippen LogP contribution in [0, 0.1) is 0 Å². The lowest BCUT2D eigenvalue weighted by Gasteiger charge is -2.11. The molecule has 0 fully saturated rings. The molecule has 0 aliphatic rings. The van der Waals surface area contributed by atoms with Gasteiger partial charge in [0.15, 0.2) is 0 Å². The van der Waals surface area contributed by atoms with Crippen molar-refractivity contribution < 1.29 is 0 Å². The number of hydrogen-bond acceptors (Lipinski definition) is 1. The van der Waals surface area contributed by atoms with Gasteiger partial charge in [-0.15, -0.1) is 6.58 Å². The summed E-state index contributed by atoms with van der Waals surface area (Å²) in [7, 11) is 2.11. The Hall–Kier alpha value is -0.340. The molecule has 0 aromatic carbocycles. The average molecular weight is 244 g/mol. The van der Waals surface area contributed by atoms with Gasteiger partial charge in [0.2, 0.25) is 0 Å². The lowest BCUT2D eigenvalue weighted by atomic mass is 10.3. The third-order valence-electron chi connectivity index (χ3n) is 1.68. The van der Waals surface area contributed by atoms with E-state index in [2.05, 4.69) is 46.6 Å². The van der Waals surface area contributed by atoms with Crippen LogP contribution in [-0.4, -0.2) is 25.0 Å². The molecule has 0 saturated heterocycles. The van der Waals surface area contributed by atoms with Crippen LogP contribution in [0.4, 0.5) is 0 Å². The summed E-state index contributed by atoms with van der Waals surface area (Å²) in [6.45, 7) is 7.76. The SMILES string of the molecule is C=CCCN(C)C/C=C/C(Br)=C/C. The smallest absolute Gasteiger partial charge is 0.0163 e. The van der Waals surface area contributed by atoms with E-state index in [0.717, 1.165) is 24.0 Å². The van der Waals surface area contributed by atoms with Crippen LogP contribution in [-0.2, 0) is 0 Å². The summed E-state index contributed by atoms with van der Waals surface area (Å²) in [5, 5.41) is 0. The van der Waals surface area contributed by atoms with Crippen molar-refractivity contribution in [2.75, 3.05) is 20.1 Å². The highest BCUT2D eigenvalue weighted by Gasteiger charge is 1.91. The molecule has 1 nitrogen and oxygen atoms in total. The molecule has 74 valence electrons. The molecule has 0 atom stereocenters. The number of nitrogens with zero attached hydrogens (tertiary/aromatic N) is 1. The highest BCUT2D eigenvalue weighted by molar-refractivity contribution is 9.11. The molecule has 0 aromatic rings. The monoisotopic (exact) mass is 243 g/mol. The minimum absolute atomic E-state index is 0.983. The molecule has 0 radical (unpaired) electrons. The summed E-state index contributed by atoms with van der Waals surface area (Å²) in [5.41, 5.74) is 0. The molecule has 13 heavy (non-hydrogen) atoms. The van der Waals surface area contributed by atoms with E-state index in [4.69, 9.17) is 0 Å². The van der Waals surface area contributed by atoms with Crippen molar-refractivity contribution in [2.24, 2.45) is 0 Å². The molecule has 0 saturated carbocycles. The van der Waals surface area contributed by atoms with Crippen LogP contribution in [0.25, 0.3) is 0 Å². The second-order valence-corrected chi connectivity index (χ2v) is 3.83. The predicted molar refractivity (Wildman–Crippen MR) is 64.1 cm³/mol. The number of hydrogen-bond donors (Lipinski definition) is 0. The second-order valence-electron chi connectivity index (χ2n) is 2.92. The Labute approximate surface area is 89.9 Å². The zero-order valence-corrected chi connectivity index (χ0v) is 10.0. The van der Waals surface area contributed by atoms with E-state index in [9.17, 15) is 0 Å². The summed E-state index contributed by atoms with van der Waals surface area (Å²) in [4.78, 5) is 2.26. The van der Waals surface area contributed by atoms with Crippen molar-refractivity contribution in [1.82, 2.24) is 4.90 Å². The number of rotatable bonds is 6. The number of likely N-dealkylation sites (N-methyl/N-ethyl adjacent to an activating group) is 1. The minimum atomic E-state index is 0.983. The van der Waals surface area contributed by atoms with Crippen molar-refractivity contribution in [1.29, 1.82) is 0 Å². The molecule has 2 heteroatoms. The van der Waals surface area contributed by atoms with Crippen LogP contribution < -0.4 is 0 Å². The first-order chi connectivity index (χ1) is 6.20. The first-order valence-corrected chi connectivity index (χ1v) is 5.27. The Kier molecular flexibility index (Phi) is 8.05. The Balaban J connectivity index is 3.62. The number of allylic oxidation sites excluding steroid dienone is 3. The second kappa shape index (κ2) is 8.27. The van der Waals surface area contributed by atoms with Crippen LogP contribution in [0.2, 0.25) is 0 Å². The third kappa shape index (κ3) is 8.00. The molecule has 0 heterocycles. The van der Waals surface area contributed by atoms with Crippen molar-refractivity contribution in [2.45, 2.75) is 13.3 Å². The van der Waals surface area contributed by atoms with E-state index in [-0.39, 0.29) is 0 Å².